The molecule has 0 radical (unpaired) electrons. The average Bonchev–Trinajstić information content (AvgIpc) is 2.44. The predicted octanol–water partition coefficient (Wildman–Crippen LogP) is 0.787. The summed E-state index contributed by atoms with van der Waals surface area (Å²) in [7, 11) is 1.63. The fraction of sp³-hybridized carbons (Fsp3) is 0.500. The fourth-order valence-electron chi connectivity index (χ4n) is 2.14. The van der Waals surface area contributed by atoms with E-state index >= 15 is 0 Å². The largest absolute Gasteiger partial charge is 0.352 e. The molecule has 0 aromatic heterocycles. The Balaban J connectivity index is 2.59. The third kappa shape index (κ3) is 5.95. The van der Waals surface area contributed by atoms with Gasteiger partial charge in [0.15, 0.2) is 0 Å². The van der Waals surface area contributed by atoms with Crippen molar-refractivity contribution in [3.05, 3.63) is 35.9 Å². The zero-order valence-corrected chi connectivity index (χ0v) is 13.0. The van der Waals surface area contributed by atoms with Gasteiger partial charge in [0.25, 0.3) is 0 Å². The minimum atomic E-state index is -0.302. The van der Waals surface area contributed by atoms with Crippen LogP contribution in [-0.4, -0.2) is 42.9 Å². The number of benzene rings is 1. The third-order valence-corrected chi connectivity index (χ3v) is 3.17. The fourth-order valence-corrected chi connectivity index (χ4v) is 2.14. The molecule has 21 heavy (non-hydrogen) atoms. The van der Waals surface area contributed by atoms with Crippen molar-refractivity contribution in [3.8, 4) is 0 Å². The average molecular weight is 291 g/mol. The van der Waals surface area contributed by atoms with E-state index in [2.05, 4.69) is 5.32 Å². The second-order valence-electron chi connectivity index (χ2n) is 5.54. The van der Waals surface area contributed by atoms with Crippen LogP contribution in [0.4, 0.5) is 0 Å². The summed E-state index contributed by atoms with van der Waals surface area (Å²) in [6.45, 7) is 4.10. The summed E-state index contributed by atoms with van der Waals surface area (Å²) in [5, 5.41) is 2.77. The lowest BCUT2D eigenvalue weighted by Crippen LogP contribution is -2.44. The molecule has 0 spiro atoms. The number of nitrogens with two attached hydrogens (primary N) is 1. The summed E-state index contributed by atoms with van der Waals surface area (Å²) in [5.41, 5.74) is 6.79. The summed E-state index contributed by atoms with van der Waals surface area (Å²) < 4.78 is 0. The van der Waals surface area contributed by atoms with Gasteiger partial charge in [-0.2, -0.15) is 0 Å². The highest BCUT2D eigenvalue weighted by atomic mass is 16.2. The van der Waals surface area contributed by atoms with Crippen LogP contribution >= 0.6 is 0 Å². The predicted molar refractivity (Wildman–Crippen MR) is 83.6 cm³/mol. The van der Waals surface area contributed by atoms with E-state index in [0.717, 1.165) is 5.56 Å². The molecular weight excluding hydrogens is 266 g/mol. The molecule has 0 aliphatic rings. The van der Waals surface area contributed by atoms with Gasteiger partial charge in [-0.3, -0.25) is 9.59 Å². The van der Waals surface area contributed by atoms with Crippen LogP contribution in [0.2, 0.25) is 0 Å². The van der Waals surface area contributed by atoms with Crippen LogP contribution in [0.3, 0.4) is 0 Å². The van der Waals surface area contributed by atoms with Crippen molar-refractivity contribution in [2.45, 2.75) is 26.3 Å². The van der Waals surface area contributed by atoms with Crippen LogP contribution in [0.25, 0.3) is 0 Å². The number of rotatable bonds is 7. The van der Waals surface area contributed by atoms with Gasteiger partial charge in [-0.1, -0.05) is 30.3 Å². The van der Waals surface area contributed by atoms with Crippen LogP contribution in [-0.2, 0) is 16.0 Å². The molecule has 2 amide bonds. The molecule has 0 saturated carbocycles. The van der Waals surface area contributed by atoms with E-state index in [-0.39, 0.29) is 36.9 Å². The summed E-state index contributed by atoms with van der Waals surface area (Å²) in [6.07, 6.45) is 0.590. The van der Waals surface area contributed by atoms with Gasteiger partial charge in [0.2, 0.25) is 11.8 Å². The minimum Gasteiger partial charge on any atom is -0.352 e. The number of carbonyl (C=O) groups is 2. The first kappa shape index (κ1) is 17.2. The highest BCUT2D eigenvalue weighted by Gasteiger charge is 2.22. The van der Waals surface area contributed by atoms with Crippen LogP contribution in [0.5, 0.6) is 0 Å². The lowest BCUT2D eigenvalue weighted by Gasteiger charge is -2.23. The maximum atomic E-state index is 12.4. The van der Waals surface area contributed by atoms with E-state index < -0.39 is 0 Å². The van der Waals surface area contributed by atoms with Gasteiger partial charge in [-0.25, -0.2) is 0 Å². The molecule has 1 aromatic carbocycles. The first-order valence-electron chi connectivity index (χ1n) is 7.22. The van der Waals surface area contributed by atoms with E-state index in [1.54, 1.807) is 7.05 Å². The summed E-state index contributed by atoms with van der Waals surface area (Å²) in [4.78, 5) is 25.5. The molecule has 0 fully saturated rings. The zero-order valence-electron chi connectivity index (χ0n) is 13.0. The van der Waals surface area contributed by atoms with Crippen molar-refractivity contribution in [2.24, 2.45) is 11.7 Å². The van der Waals surface area contributed by atoms with Gasteiger partial charge in [0.05, 0.1) is 12.5 Å². The summed E-state index contributed by atoms with van der Waals surface area (Å²) in [6, 6.07) is 9.82. The molecule has 5 nitrogen and oxygen atoms in total. The Morgan fingerprint density at radius 3 is 2.38 bits per heavy atom. The topological polar surface area (TPSA) is 75.4 Å². The maximum Gasteiger partial charge on any atom is 0.239 e. The minimum absolute atomic E-state index is 0.0578. The van der Waals surface area contributed by atoms with Gasteiger partial charge in [-0.05, 0) is 25.8 Å². The highest BCUT2D eigenvalue weighted by Crippen LogP contribution is 2.10. The Bertz CT molecular complexity index is 460. The van der Waals surface area contributed by atoms with Gasteiger partial charge in [0, 0.05) is 19.6 Å². The molecule has 1 unspecified atom stereocenters. The molecule has 0 saturated heterocycles. The summed E-state index contributed by atoms with van der Waals surface area (Å²) >= 11 is 0. The molecule has 5 heteroatoms. The number of hydrogen-bond donors (Lipinski definition) is 2. The van der Waals surface area contributed by atoms with Crippen LogP contribution < -0.4 is 11.1 Å². The lowest BCUT2D eigenvalue weighted by molar-refractivity contribution is -0.137. The molecular formula is C16H25N3O2. The lowest BCUT2D eigenvalue weighted by atomic mass is 9.98. The van der Waals surface area contributed by atoms with Crippen molar-refractivity contribution in [3.63, 3.8) is 0 Å². The molecule has 1 aromatic rings. The number of likely N-dealkylation sites (N-methyl/N-ethyl adjacent to an activating group) is 1. The van der Waals surface area contributed by atoms with Gasteiger partial charge in [-0.15, -0.1) is 0 Å². The Morgan fingerprint density at radius 1 is 1.24 bits per heavy atom. The molecule has 1 rings (SSSR count). The first-order valence-corrected chi connectivity index (χ1v) is 7.22. The standard InChI is InChI=1S/C16H25N3O2/c1-12(2)18-15(20)11-19(3)16(21)14(10-17)9-13-7-5-4-6-8-13/h4-8,12,14H,9-11,17H2,1-3H3,(H,18,20). The third-order valence-electron chi connectivity index (χ3n) is 3.17. The highest BCUT2D eigenvalue weighted by molar-refractivity contribution is 5.86. The number of carbonyl (C=O) groups excluding carboxylic acids is 2. The Kier molecular flexibility index (Phi) is 6.88. The Hall–Kier alpha value is -1.88. The van der Waals surface area contributed by atoms with Crippen molar-refractivity contribution in [2.75, 3.05) is 20.1 Å². The zero-order chi connectivity index (χ0) is 15.8. The SMILES string of the molecule is CC(C)NC(=O)CN(C)C(=O)C(CN)Cc1ccccc1. The monoisotopic (exact) mass is 291 g/mol. The van der Waals surface area contributed by atoms with Crippen molar-refractivity contribution in [1.29, 1.82) is 0 Å². The van der Waals surface area contributed by atoms with E-state index in [1.807, 2.05) is 44.2 Å². The van der Waals surface area contributed by atoms with E-state index in [0.29, 0.717) is 6.42 Å². The molecule has 0 aliphatic carbocycles. The van der Waals surface area contributed by atoms with Gasteiger partial charge < -0.3 is 16.0 Å². The van der Waals surface area contributed by atoms with Gasteiger partial charge in [0.1, 0.15) is 0 Å². The Morgan fingerprint density at radius 2 is 1.86 bits per heavy atom. The second kappa shape index (κ2) is 8.42. The van der Waals surface area contributed by atoms with Crippen LogP contribution in [0, 0.1) is 5.92 Å². The molecule has 0 heterocycles. The number of nitrogens with one attached hydrogen (secondary N) is 1. The smallest absolute Gasteiger partial charge is 0.239 e. The number of hydrogen-bond acceptors (Lipinski definition) is 3. The molecule has 0 bridgehead atoms. The summed E-state index contributed by atoms with van der Waals surface area (Å²) in [5.74, 6) is -0.555. The number of amides is 2. The van der Waals surface area contributed by atoms with E-state index in [1.165, 1.54) is 4.90 Å². The molecule has 0 aliphatic heterocycles. The maximum absolute atomic E-state index is 12.4. The van der Waals surface area contributed by atoms with E-state index in [4.69, 9.17) is 5.73 Å². The van der Waals surface area contributed by atoms with Crippen molar-refractivity contribution < 1.29 is 9.59 Å². The van der Waals surface area contributed by atoms with Crippen LogP contribution in [0.1, 0.15) is 19.4 Å². The van der Waals surface area contributed by atoms with Gasteiger partial charge >= 0.3 is 0 Å². The normalized spacial score (nSPS) is 12.0. The Labute approximate surface area is 126 Å². The van der Waals surface area contributed by atoms with Crippen LogP contribution in [0.15, 0.2) is 30.3 Å². The number of nitrogens with zero attached hydrogens (tertiary/aromatic N) is 1. The molecule has 3 N–H and O–H groups in total. The molecule has 116 valence electrons. The van der Waals surface area contributed by atoms with E-state index in [9.17, 15) is 9.59 Å². The van der Waals surface area contributed by atoms with Crippen molar-refractivity contribution >= 4 is 11.8 Å². The van der Waals surface area contributed by atoms with Crippen molar-refractivity contribution in [1.82, 2.24) is 10.2 Å². The quantitative estimate of drug-likeness (QED) is 0.780. The second-order valence-corrected chi connectivity index (χ2v) is 5.54. The molecule has 1 atom stereocenters. The first-order chi connectivity index (χ1) is 9.93.